The highest BCUT2D eigenvalue weighted by molar-refractivity contribution is 14.0. The van der Waals surface area contributed by atoms with Gasteiger partial charge in [0.25, 0.3) is 0 Å². The van der Waals surface area contributed by atoms with Crippen molar-refractivity contribution in [2.24, 2.45) is 10.9 Å². The number of nitrogens with zero attached hydrogens (tertiary/aromatic N) is 1. The standard InChI is InChI=1S/C17H29N3O2S.HI/c1-3-18-16(19-8-4-9-22-11-14-5-6-14)20-13-17(2,21)15-7-10-23-12-15;/h7,10,12,14,21H,3-6,8-9,11,13H2,1-2H3,(H2,18,19,20);1H. The summed E-state index contributed by atoms with van der Waals surface area (Å²) in [5.74, 6) is 1.56. The van der Waals surface area contributed by atoms with Gasteiger partial charge in [-0.2, -0.15) is 11.3 Å². The highest BCUT2D eigenvalue weighted by atomic mass is 127. The van der Waals surface area contributed by atoms with Crippen molar-refractivity contribution in [1.82, 2.24) is 10.6 Å². The van der Waals surface area contributed by atoms with Gasteiger partial charge < -0.3 is 20.5 Å². The molecule has 1 aromatic rings. The molecule has 1 saturated carbocycles. The van der Waals surface area contributed by atoms with E-state index >= 15 is 0 Å². The van der Waals surface area contributed by atoms with E-state index in [-0.39, 0.29) is 24.0 Å². The fourth-order valence-corrected chi connectivity index (χ4v) is 2.94. The highest BCUT2D eigenvalue weighted by Gasteiger charge is 2.23. The van der Waals surface area contributed by atoms with Gasteiger partial charge >= 0.3 is 0 Å². The van der Waals surface area contributed by atoms with Crippen LogP contribution in [-0.4, -0.2) is 43.9 Å². The molecule has 0 radical (unpaired) electrons. The zero-order valence-electron chi connectivity index (χ0n) is 14.6. The van der Waals surface area contributed by atoms with Gasteiger partial charge in [-0.3, -0.25) is 0 Å². The van der Waals surface area contributed by atoms with E-state index in [1.807, 2.05) is 23.8 Å². The van der Waals surface area contributed by atoms with E-state index in [2.05, 4.69) is 15.6 Å². The molecule has 1 aliphatic carbocycles. The molecule has 0 aliphatic heterocycles. The molecule has 0 saturated heterocycles. The molecular formula is C17H30IN3O2S. The zero-order chi connectivity index (χ0) is 16.5. The number of hydrogen-bond donors (Lipinski definition) is 3. The fourth-order valence-electron chi connectivity index (χ4n) is 2.15. The number of hydrogen-bond acceptors (Lipinski definition) is 4. The van der Waals surface area contributed by atoms with Crippen LogP contribution in [0, 0.1) is 5.92 Å². The number of nitrogens with one attached hydrogen (secondary N) is 2. The first kappa shape index (κ1) is 21.7. The Kier molecular flexibility index (Phi) is 10.2. The monoisotopic (exact) mass is 467 g/mol. The first-order valence-corrected chi connectivity index (χ1v) is 9.41. The summed E-state index contributed by atoms with van der Waals surface area (Å²) in [7, 11) is 0. The van der Waals surface area contributed by atoms with Crippen molar-refractivity contribution in [3.8, 4) is 0 Å². The van der Waals surface area contributed by atoms with Crippen LogP contribution in [-0.2, 0) is 10.3 Å². The van der Waals surface area contributed by atoms with E-state index in [4.69, 9.17) is 4.74 Å². The van der Waals surface area contributed by atoms with E-state index in [9.17, 15) is 5.11 Å². The maximum Gasteiger partial charge on any atom is 0.191 e. The Morgan fingerprint density at radius 1 is 1.46 bits per heavy atom. The van der Waals surface area contributed by atoms with Gasteiger partial charge in [0.2, 0.25) is 0 Å². The van der Waals surface area contributed by atoms with Gasteiger partial charge in [0.15, 0.2) is 5.96 Å². The number of thiophene rings is 1. The number of aliphatic hydroxyl groups is 1. The van der Waals surface area contributed by atoms with Crippen LogP contribution in [0.25, 0.3) is 0 Å². The molecular weight excluding hydrogens is 437 g/mol. The molecule has 0 aromatic carbocycles. The Morgan fingerprint density at radius 2 is 2.25 bits per heavy atom. The summed E-state index contributed by atoms with van der Waals surface area (Å²) in [6.45, 7) is 7.48. The maximum atomic E-state index is 10.5. The normalized spacial score (nSPS) is 17.0. The van der Waals surface area contributed by atoms with Gasteiger partial charge in [-0.1, -0.05) is 0 Å². The van der Waals surface area contributed by atoms with Crippen LogP contribution in [0.4, 0.5) is 0 Å². The largest absolute Gasteiger partial charge is 0.383 e. The van der Waals surface area contributed by atoms with E-state index < -0.39 is 5.60 Å². The second-order valence-corrected chi connectivity index (χ2v) is 7.06. The Bertz CT molecular complexity index is 476. The summed E-state index contributed by atoms with van der Waals surface area (Å²) < 4.78 is 5.62. The van der Waals surface area contributed by atoms with Gasteiger partial charge in [-0.15, -0.1) is 24.0 Å². The van der Waals surface area contributed by atoms with Crippen LogP contribution in [0.1, 0.15) is 38.7 Å². The van der Waals surface area contributed by atoms with Gasteiger partial charge in [0, 0.05) is 26.3 Å². The molecule has 1 atom stereocenters. The Labute approximate surface area is 166 Å². The third-order valence-corrected chi connectivity index (χ3v) is 4.52. The fraction of sp³-hybridized carbons (Fsp3) is 0.706. The van der Waals surface area contributed by atoms with E-state index in [1.165, 1.54) is 12.8 Å². The van der Waals surface area contributed by atoms with Crippen molar-refractivity contribution >= 4 is 41.3 Å². The van der Waals surface area contributed by atoms with E-state index in [0.717, 1.165) is 50.2 Å². The molecule has 0 bridgehead atoms. The molecule has 138 valence electrons. The van der Waals surface area contributed by atoms with Crippen molar-refractivity contribution in [3.05, 3.63) is 22.4 Å². The minimum absolute atomic E-state index is 0. The Morgan fingerprint density at radius 3 is 2.88 bits per heavy atom. The molecule has 2 rings (SSSR count). The minimum atomic E-state index is -0.935. The topological polar surface area (TPSA) is 65.9 Å². The number of halogens is 1. The quantitative estimate of drug-likeness (QED) is 0.214. The van der Waals surface area contributed by atoms with E-state index in [0.29, 0.717) is 6.54 Å². The molecule has 1 aromatic heterocycles. The lowest BCUT2D eigenvalue weighted by molar-refractivity contribution is 0.0677. The number of aliphatic imine (C=N–C) groups is 1. The van der Waals surface area contributed by atoms with Crippen molar-refractivity contribution in [2.45, 2.75) is 38.7 Å². The van der Waals surface area contributed by atoms with Crippen LogP contribution in [0.15, 0.2) is 21.8 Å². The zero-order valence-corrected chi connectivity index (χ0v) is 17.7. The minimum Gasteiger partial charge on any atom is -0.383 e. The summed E-state index contributed by atoms with van der Waals surface area (Å²) in [4.78, 5) is 4.51. The van der Waals surface area contributed by atoms with Crippen molar-refractivity contribution in [2.75, 3.05) is 32.8 Å². The van der Waals surface area contributed by atoms with Crippen molar-refractivity contribution in [1.29, 1.82) is 0 Å². The third-order valence-electron chi connectivity index (χ3n) is 3.84. The second-order valence-electron chi connectivity index (χ2n) is 6.28. The molecule has 5 nitrogen and oxygen atoms in total. The van der Waals surface area contributed by atoms with Crippen molar-refractivity contribution < 1.29 is 9.84 Å². The molecule has 7 heteroatoms. The lowest BCUT2D eigenvalue weighted by Crippen LogP contribution is -2.39. The first-order chi connectivity index (χ1) is 11.1. The van der Waals surface area contributed by atoms with Gasteiger partial charge in [-0.25, -0.2) is 4.99 Å². The first-order valence-electron chi connectivity index (χ1n) is 8.47. The lowest BCUT2D eigenvalue weighted by atomic mass is 10.00. The number of ether oxygens (including phenoxy) is 1. The summed E-state index contributed by atoms with van der Waals surface area (Å²) >= 11 is 1.59. The van der Waals surface area contributed by atoms with Gasteiger partial charge in [0.1, 0.15) is 5.60 Å². The van der Waals surface area contributed by atoms with Crippen LogP contribution in [0.2, 0.25) is 0 Å². The summed E-state index contributed by atoms with van der Waals surface area (Å²) in [6, 6.07) is 1.94. The molecule has 0 spiro atoms. The van der Waals surface area contributed by atoms with Crippen LogP contribution < -0.4 is 10.6 Å². The highest BCUT2D eigenvalue weighted by Crippen LogP contribution is 2.28. The predicted octanol–water partition coefficient (Wildman–Crippen LogP) is 2.95. The molecule has 0 amide bonds. The van der Waals surface area contributed by atoms with Crippen LogP contribution in [0.5, 0.6) is 0 Å². The Balaban J connectivity index is 0.00000288. The maximum absolute atomic E-state index is 10.5. The summed E-state index contributed by atoms with van der Waals surface area (Å²) in [6.07, 6.45) is 3.62. The SMILES string of the molecule is CCNC(=NCC(C)(O)c1ccsc1)NCCCOCC1CC1.I. The molecule has 1 fully saturated rings. The Hall–Kier alpha value is -0.380. The number of rotatable bonds is 10. The average molecular weight is 467 g/mol. The molecule has 3 N–H and O–H groups in total. The smallest absolute Gasteiger partial charge is 0.191 e. The lowest BCUT2D eigenvalue weighted by Gasteiger charge is -2.21. The van der Waals surface area contributed by atoms with Crippen LogP contribution in [0.3, 0.4) is 0 Å². The predicted molar refractivity (Wildman–Crippen MR) is 111 cm³/mol. The second kappa shape index (κ2) is 11.3. The summed E-state index contributed by atoms with van der Waals surface area (Å²) in [5.41, 5.74) is -0.0222. The number of guanidine groups is 1. The van der Waals surface area contributed by atoms with Crippen molar-refractivity contribution in [3.63, 3.8) is 0 Å². The van der Waals surface area contributed by atoms with Gasteiger partial charge in [-0.05, 0) is 61.4 Å². The van der Waals surface area contributed by atoms with Gasteiger partial charge in [0.05, 0.1) is 6.54 Å². The third kappa shape index (κ3) is 8.13. The molecule has 1 aliphatic rings. The average Bonchev–Trinajstić information content (AvgIpc) is 3.17. The molecule has 1 unspecified atom stereocenters. The van der Waals surface area contributed by atoms with E-state index in [1.54, 1.807) is 18.3 Å². The summed E-state index contributed by atoms with van der Waals surface area (Å²) in [5, 5.41) is 21.0. The van der Waals surface area contributed by atoms with Crippen LogP contribution >= 0.6 is 35.3 Å². The molecule has 24 heavy (non-hydrogen) atoms. The molecule has 1 heterocycles.